The number of hydrogen-bond acceptors (Lipinski definition) is 1. The third-order valence-electron chi connectivity index (χ3n) is 3.41. The lowest BCUT2D eigenvalue weighted by atomic mass is 9.99. The molecule has 0 heterocycles. The van der Waals surface area contributed by atoms with Crippen LogP contribution in [0.2, 0.25) is 5.02 Å². The highest BCUT2D eigenvalue weighted by Crippen LogP contribution is 2.28. The van der Waals surface area contributed by atoms with Crippen LogP contribution in [0.5, 0.6) is 0 Å². The number of benzene rings is 2. The first-order valence-corrected chi connectivity index (χ1v) is 7.96. The van der Waals surface area contributed by atoms with Crippen molar-refractivity contribution in [2.24, 2.45) is 0 Å². The van der Waals surface area contributed by atoms with Gasteiger partial charge in [0.05, 0.1) is 5.02 Å². The summed E-state index contributed by atoms with van der Waals surface area (Å²) in [6.07, 6.45) is 0. The SMILES string of the molecule is CC(C)c1ccc(C(C)Nc2ccc(Cl)c(Br)c2)cc1. The molecular weight excluding hydrogens is 334 g/mol. The Labute approximate surface area is 134 Å². The lowest BCUT2D eigenvalue weighted by molar-refractivity contribution is 0.852. The average molecular weight is 353 g/mol. The van der Waals surface area contributed by atoms with Gasteiger partial charge in [0.25, 0.3) is 0 Å². The molecule has 1 unspecified atom stereocenters. The van der Waals surface area contributed by atoms with E-state index in [0.29, 0.717) is 5.92 Å². The van der Waals surface area contributed by atoms with Gasteiger partial charge in [-0.1, -0.05) is 49.7 Å². The molecule has 0 amide bonds. The molecule has 1 nitrogen and oxygen atoms in total. The highest BCUT2D eigenvalue weighted by molar-refractivity contribution is 9.10. The number of halogens is 2. The van der Waals surface area contributed by atoms with Crippen molar-refractivity contribution in [3.8, 4) is 0 Å². The smallest absolute Gasteiger partial charge is 0.0549 e. The summed E-state index contributed by atoms with van der Waals surface area (Å²) in [5.41, 5.74) is 3.71. The van der Waals surface area contributed by atoms with E-state index < -0.39 is 0 Å². The minimum Gasteiger partial charge on any atom is -0.378 e. The predicted molar refractivity (Wildman–Crippen MR) is 91.7 cm³/mol. The second-order valence-corrected chi connectivity index (χ2v) is 6.58. The second-order valence-electron chi connectivity index (χ2n) is 5.32. The topological polar surface area (TPSA) is 12.0 Å². The Balaban J connectivity index is 2.10. The Bertz CT molecular complexity index is 578. The zero-order chi connectivity index (χ0) is 14.7. The summed E-state index contributed by atoms with van der Waals surface area (Å²) < 4.78 is 0.909. The first kappa shape index (κ1) is 15.4. The molecule has 0 aliphatic rings. The van der Waals surface area contributed by atoms with Gasteiger partial charge in [-0.15, -0.1) is 0 Å². The van der Waals surface area contributed by atoms with E-state index in [1.165, 1.54) is 11.1 Å². The summed E-state index contributed by atoms with van der Waals surface area (Å²) in [7, 11) is 0. The van der Waals surface area contributed by atoms with E-state index >= 15 is 0 Å². The van der Waals surface area contributed by atoms with Crippen molar-refractivity contribution in [1.82, 2.24) is 0 Å². The highest BCUT2D eigenvalue weighted by atomic mass is 79.9. The first-order chi connectivity index (χ1) is 9.47. The Morgan fingerprint density at radius 3 is 2.10 bits per heavy atom. The van der Waals surface area contributed by atoms with Crippen molar-refractivity contribution in [3.05, 3.63) is 63.1 Å². The molecule has 0 saturated heterocycles. The predicted octanol–water partition coefficient (Wildman–Crippen LogP) is 6.40. The molecule has 0 bridgehead atoms. The third-order valence-corrected chi connectivity index (χ3v) is 4.62. The van der Waals surface area contributed by atoms with Crippen LogP contribution in [-0.2, 0) is 0 Å². The molecule has 2 aromatic carbocycles. The van der Waals surface area contributed by atoms with Crippen molar-refractivity contribution in [2.75, 3.05) is 5.32 Å². The van der Waals surface area contributed by atoms with Crippen LogP contribution >= 0.6 is 27.5 Å². The Morgan fingerprint density at radius 1 is 0.950 bits per heavy atom. The van der Waals surface area contributed by atoms with E-state index in [1.54, 1.807) is 0 Å². The van der Waals surface area contributed by atoms with Gasteiger partial charge in [0.1, 0.15) is 0 Å². The number of hydrogen-bond donors (Lipinski definition) is 1. The number of nitrogens with one attached hydrogen (secondary N) is 1. The van der Waals surface area contributed by atoms with Crippen LogP contribution in [0.25, 0.3) is 0 Å². The van der Waals surface area contributed by atoms with Crippen LogP contribution in [0.4, 0.5) is 5.69 Å². The fourth-order valence-corrected chi connectivity index (χ4v) is 2.59. The lowest BCUT2D eigenvalue weighted by Crippen LogP contribution is -2.06. The Hall–Kier alpha value is -0.990. The zero-order valence-electron chi connectivity index (χ0n) is 12.0. The van der Waals surface area contributed by atoms with Crippen LogP contribution in [-0.4, -0.2) is 0 Å². The summed E-state index contributed by atoms with van der Waals surface area (Å²) in [5, 5.41) is 4.21. The summed E-state index contributed by atoms with van der Waals surface area (Å²) in [4.78, 5) is 0. The van der Waals surface area contributed by atoms with Gasteiger partial charge >= 0.3 is 0 Å². The fourth-order valence-electron chi connectivity index (χ4n) is 2.09. The minimum atomic E-state index is 0.254. The molecule has 0 radical (unpaired) electrons. The van der Waals surface area contributed by atoms with Gasteiger partial charge in [-0.2, -0.15) is 0 Å². The maximum atomic E-state index is 6.01. The summed E-state index contributed by atoms with van der Waals surface area (Å²) >= 11 is 9.45. The quantitative estimate of drug-likeness (QED) is 0.671. The Morgan fingerprint density at radius 2 is 1.55 bits per heavy atom. The molecule has 0 aliphatic carbocycles. The Kier molecular flexibility index (Phi) is 5.11. The molecule has 0 aliphatic heterocycles. The van der Waals surface area contributed by atoms with Crippen molar-refractivity contribution < 1.29 is 0 Å². The van der Waals surface area contributed by atoms with Gasteiger partial charge in [0.2, 0.25) is 0 Å². The van der Waals surface area contributed by atoms with Crippen LogP contribution < -0.4 is 5.32 Å². The molecule has 20 heavy (non-hydrogen) atoms. The van der Waals surface area contributed by atoms with E-state index in [9.17, 15) is 0 Å². The molecule has 1 atom stereocenters. The molecule has 1 N–H and O–H groups in total. The fraction of sp³-hybridized carbons (Fsp3) is 0.294. The van der Waals surface area contributed by atoms with Crippen molar-refractivity contribution in [3.63, 3.8) is 0 Å². The third kappa shape index (κ3) is 3.77. The second kappa shape index (κ2) is 6.64. The van der Waals surface area contributed by atoms with Crippen LogP contribution in [0, 0.1) is 0 Å². The molecule has 0 saturated carbocycles. The summed E-state index contributed by atoms with van der Waals surface area (Å²) in [6, 6.07) is 14.9. The number of rotatable bonds is 4. The molecule has 3 heteroatoms. The maximum absolute atomic E-state index is 6.01. The molecular formula is C17H19BrClN. The first-order valence-electron chi connectivity index (χ1n) is 6.79. The van der Waals surface area contributed by atoms with Gasteiger partial charge in [-0.25, -0.2) is 0 Å². The molecule has 2 rings (SSSR count). The van der Waals surface area contributed by atoms with E-state index in [-0.39, 0.29) is 6.04 Å². The molecule has 0 fully saturated rings. The monoisotopic (exact) mass is 351 g/mol. The van der Waals surface area contributed by atoms with Gasteiger partial charge in [-0.05, 0) is 58.1 Å². The van der Waals surface area contributed by atoms with Crippen molar-refractivity contribution >= 4 is 33.2 Å². The molecule has 2 aromatic rings. The van der Waals surface area contributed by atoms with E-state index in [2.05, 4.69) is 66.3 Å². The van der Waals surface area contributed by atoms with Crippen molar-refractivity contribution in [1.29, 1.82) is 0 Å². The molecule has 0 spiro atoms. The summed E-state index contributed by atoms with van der Waals surface area (Å²) in [6.45, 7) is 6.58. The van der Waals surface area contributed by atoms with Gasteiger partial charge in [0, 0.05) is 16.2 Å². The van der Waals surface area contributed by atoms with Crippen LogP contribution in [0.15, 0.2) is 46.9 Å². The normalized spacial score (nSPS) is 12.5. The zero-order valence-corrected chi connectivity index (χ0v) is 14.3. The van der Waals surface area contributed by atoms with Crippen LogP contribution in [0.1, 0.15) is 43.9 Å². The maximum Gasteiger partial charge on any atom is 0.0549 e. The standard InChI is InChI=1S/C17H19BrClN/c1-11(2)13-4-6-14(7-5-13)12(3)20-15-8-9-17(19)16(18)10-15/h4-12,20H,1-3H3. The minimum absolute atomic E-state index is 0.254. The summed E-state index contributed by atoms with van der Waals surface area (Å²) in [5.74, 6) is 0.569. The van der Waals surface area contributed by atoms with E-state index in [4.69, 9.17) is 11.6 Å². The van der Waals surface area contributed by atoms with Gasteiger partial charge < -0.3 is 5.32 Å². The van der Waals surface area contributed by atoms with Gasteiger partial charge in [-0.3, -0.25) is 0 Å². The molecule has 0 aromatic heterocycles. The highest BCUT2D eigenvalue weighted by Gasteiger charge is 2.07. The van der Waals surface area contributed by atoms with Crippen LogP contribution in [0.3, 0.4) is 0 Å². The largest absolute Gasteiger partial charge is 0.378 e. The molecule has 106 valence electrons. The lowest BCUT2D eigenvalue weighted by Gasteiger charge is -2.17. The van der Waals surface area contributed by atoms with Gasteiger partial charge in [0.15, 0.2) is 0 Å². The number of anilines is 1. The van der Waals surface area contributed by atoms with E-state index in [1.807, 2.05) is 18.2 Å². The van der Waals surface area contributed by atoms with Crippen molar-refractivity contribution in [2.45, 2.75) is 32.7 Å². The average Bonchev–Trinajstić information content (AvgIpc) is 2.43. The van der Waals surface area contributed by atoms with E-state index in [0.717, 1.165) is 15.2 Å².